The molecule has 0 atom stereocenters. The fourth-order valence-electron chi connectivity index (χ4n) is 1.74. The number of esters is 1. The number of nitrogens with one attached hydrogen (secondary N) is 1. The molecule has 0 spiro atoms. The summed E-state index contributed by atoms with van der Waals surface area (Å²) in [6.45, 7) is -0.440. The van der Waals surface area contributed by atoms with E-state index < -0.39 is 18.5 Å². The average Bonchev–Trinajstić information content (AvgIpc) is 2.55. The minimum Gasteiger partial charge on any atom is -0.452 e. The summed E-state index contributed by atoms with van der Waals surface area (Å²) in [6.07, 6.45) is 1.75. The van der Waals surface area contributed by atoms with E-state index >= 15 is 0 Å². The first-order valence-corrected chi connectivity index (χ1v) is 7.01. The van der Waals surface area contributed by atoms with Gasteiger partial charge in [-0.3, -0.25) is 4.79 Å². The summed E-state index contributed by atoms with van der Waals surface area (Å²) in [5, 5.41) is 11.2. The van der Waals surface area contributed by atoms with E-state index in [0.29, 0.717) is 12.1 Å². The van der Waals surface area contributed by atoms with E-state index in [4.69, 9.17) is 21.6 Å². The first kappa shape index (κ1) is 16.5. The molecule has 0 aliphatic carbocycles. The van der Waals surface area contributed by atoms with Gasteiger partial charge in [-0.25, -0.2) is 9.78 Å². The van der Waals surface area contributed by atoms with Crippen LogP contribution in [0.25, 0.3) is 0 Å². The normalized spacial score (nSPS) is 9.74. The van der Waals surface area contributed by atoms with Crippen molar-refractivity contribution in [3.8, 4) is 6.07 Å². The molecule has 0 unspecified atom stereocenters. The number of benzene rings is 1. The summed E-state index contributed by atoms with van der Waals surface area (Å²) in [6, 6.07) is 11.9. The van der Waals surface area contributed by atoms with Crippen molar-refractivity contribution in [1.29, 1.82) is 5.26 Å². The van der Waals surface area contributed by atoms with Crippen LogP contribution in [-0.2, 0) is 16.0 Å². The van der Waals surface area contributed by atoms with Crippen LogP contribution >= 0.6 is 11.6 Å². The summed E-state index contributed by atoms with van der Waals surface area (Å²) in [7, 11) is 0. The maximum atomic E-state index is 11.8. The third-order valence-electron chi connectivity index (χ3n) is 2.83. The number of hydrogen-bond donors (Lipinski definition) is 1. The van der Waals surface area contributed by atoms with E-state index in [1.165, 1.54) is 12.3 Å². The average molecular weight is 330 g/mol. The smallest absolute Gasteiger partial charge is 0.341 e. The molecule has 6 nitrogen and oxygen atoms in total. The third-order valence-corrected chi connectivity index (χ3v) is 3.14. The highest BCUT2D eigenvalue weighted by atomic mass is 35.5. The lowest BCUT2D eigenvalue weighted by molar-refractivity contribution is -0.119. The number of rotatable bonds is 5. The molecular weight excluding hydrogens is 318 g/mol. The second kappa shape index (κ2) is 7.92. The Labute approximate surface area is 137 Å². The van der Waals surface area contributed by atoms with Gasteiger partial charge in [-0.15, -0.1) is 0 Å². The van der Waals surface area contributed by atoms with Crippen LogP contribution in [0.5, 0.6) is 0 Å². The molecule has 116 valence electrons. The van der Waals surface area contributed by atoms with E-state index in [1.807, 2.05) is 6.07 Å². The van der Waals surface area contributed by atoms with Crippen LogP contribution < -0.4 is 5.32 Å². The number of hydrogen-bond acceptors (Lipinski definition) is 5. The Kier molecular flexibility index (Phi) is 5.67. The highest BCUT2D eigenvalue weighted by Crippen LogP contribution is 2.13. The number of amides is 1. The van der Waals surface area contributed by atoms with Crippen molar-refractivity contribution in [2.75, 3.05) is 11.9 Å². The highest BCUT2D eigenvalue weighted by Gasteiger charge is 2.14. The Bertz CT molecular complexity index is 754. The lowest BCUT2D eigenvalue weighted by Gasteiger charge is -2.07. The van der Waals surface area contributed by atoms with Gasteiger partial charge in [0, 0.05) is 11.9 Å². The fraction of sp³-hybridized carbons (Fsp3) is 0.125. The summed E-state index contributed by atoms with van der Waals surface area (Å²) < 4.78 is 4.89. The lowest BCUT2D eigenvalue weighted by Crippen LogP contribution is -2.21. The van der Waals surface area contributed by atoms with Crippen LogP contribution in [0, 0.1) is 11.3 Å². The summed E-state index contributed by atoms with van der Waals surface area (Å²) in [5.74, 6) is -1.20. The third kappa shape index (κ3) is 4.80. The van der Waals surface area contributed by atoms with Crippen molar-refractivity contribution in [3.05, 3.63) is 58.9 Å². The number of anilines is 1. The summed E-state index contributed by atoms with van der Waals surface area (Å²) in [4.78, 5) is 27.3. The van der Waals surface area contributed by atoms with Crippen molar-refractivity contribution in [1.82, 2.24) is 4.98 Å². The van der Waals surface area contributed by atoms with Crippen molar-refractivity contribution in [2.45, 2.75) is 6.42 Å². The second-order valence-electron chi connectivity index (χ2n) is 4.50. The second-order valence-corrected chi connectivity index (χ2v) is 4.86. The maximum Gasteiger partial charge on any atom is 0.341 e. The molecule has 0 saturated heterocycles. The molecule has 23 heavy (non-hydrogen) atoms. The molecule has 0 aliphatic rings. The van der Waals surface area contributed by atoms with E-state index in [9.17, 15) is 9.59 Å². The van der Waals surface area contributed by atoms with Crippen molar-refractivity contribution in [2.24, 2.45) is 0 Å². The first-order chi connectivity index (χ1) is 11.1. The van der Waals surface area contributed by atoms with Gasteiger partial charge in [0.2, 0.25) is 0 Å². The van der Waals surface area contributed by atoms with Crippen LogP contribution in [0.15, 0.2) is 42.6 Å². The van der Waals surface area contributed by atoms with Gasteiger partial charge in [-0.2, -0.15) is 5.26 Å². The van der Waals surface area contributed by atoms with E-state index in [0.717, 1.165) is 5.56 Å². The topological polar surface area (TPSA) is 92.1 Å². The number of aromatic nitrogens is 1. The van der Waals surface area contributed by atoms with Crippen molar-refractivity contribution >= 4 is 29.2 Å². The number of nitrogens with zero attached hydrogens (tertiary/aromatic N) is 2. The van der Waals surface area contributed by atoms with Gasteiger partial charge >= 0.3 is 5.97 Å². The molecule has 1 amide bonds. The molecule has 0 aliphatic heterocycles. The fourth-order valence-corrected chi connectivity index (χ4v) is 1.94. The number of carbonyl (C=O) groups excluding carboxylic acids is 2. The molecule has 1 N–H and O–H groups in total. The molecule has 0 fully saturated rings. The van der Waals surface area contributed by atoms with Gasteiger partial charge in [-0.1, -0.05) is 23.7 Å². The quantitative estimate of drug-likeness (QED) is 0.672. The Morgan fingerprint density at radius 2 is 2.00 bits per heavy atom. The minimum atomic E-state index is -0.720. The zero-order chi connectivity index (χ0) is 16.7. The van der Waals surface area contributed by atoms with Crippen molar-refractivity contribution in [3.63, 3.8) is 0 Å². The molecule has 1 aromatic heterocycles. The molecule has 0 radical (unpaired) electrons. The SMILES string of the molecule is N#CCc1ccc(NC(=O)COC(=O)c2cccnc2Cl)cc1. The van der Waals surface area contributed by atoms with Crippen LogP contribution in [0.1, 0.15) is 15.9 Å². The molecule has 2 rings (SSSR count). The molecule has 1 aromatic carbocycles. The van der Waals surface area contributed by atoms with Gasteiger partial charge < -0.3 is 10.1 Å². The lowest BCUT2D eigenvalue weighted by atomic mass is 10.1. The van der Waals surface area contributed by atoms with Crippen LogP contribution in [0.3, 0.4) is 0 Å². The Morgan fingerprint density at radius 1 is 1.26 bits per heavy atom. The standard InChI is InChI=1S/C16H12ClN3O3/c17-15-13(2-1-9-19-15)16(22)23-10-14(21)20-12-5-3-11(4-6-12)7-8-18/h1-6,9H,7,10H2,(H,20,21). The van der Waals surface area contributed by atoms with E-state index in [-0.39, 0.29) is 10.7 Å². The van der Waals surface area contributed by atoms with Gasteiger partial charge in [-0.05, 0) is 29.8 Å². The Balaban J connectivity index is 1.87. The molecule has 2 aromatic rings. The number of carbonyl (C=O) groups is 2. The van der Waals surface area contributed by atoms with Gasteiger partial charge in [0.25, 0.3) is 5.91 Å². The largest absolute Gasteiger partial charge is 0.452 e. The monoisotopic (exact) mass is 329 g/mol. The zero-order valence-electron chi connectivity index (χ0n) is 12.0. The van der Waals surface area contributed by atoms with E-state index in [1.54, 1.807) is 30.3 Å². The number of nitriles is 1. The number of ether oxygens (including phenoxy) is 1. The number of halogens is 1. The molecular formula is C16H12ClN3O3. The molecule has 1 heterocycles. The Hall–Kier alpha value is -2.91. The van der Waals surface area contributed by atoms with Gasteiger partial charge in [0.15, 0.2) is 6.61 Å². The van der Waals surface area contributed by atoms with Crippen LogP contribution in [0.4, 0.5) is 5.69 Å². The Morgan fingerprint density at radius 3 is 2.65 bits per heavy atom. The summed E-state index contributed by atoms with van der Waals surface area (Å²) >= 11 is 5.77. The molecule has 7 heteroatoms. The van der Waals surface area contributed by atoms with Crippen molar-refractivity contribution < 1.29 is 14.3 Å². The first-order valence-electron chi connectivity index (χ1n) is 6.63. The van der Waals surface area contributed by atoms with Gasteiger partial charge in [0.1, 0.15) is 5.15 Å². The predicted molar refractivity (Wildman–Crippen MR) is 83.9 cm³/mol. The summed E-state index contributed by atoms with van der Waals surface area (Å²) in [5.41, 5.74) is 1.50. The maximum absolute atomic E-state index is 11.8. The minimum absolute atomic E-state index is 0.0194. The van der Waals surface area contributed by atoms with Crippen LogP contribution in [-0.4, -0.2) is 23.5 Å². The molecule has 0 saturated carbocycles. The zero-order valence-corrected chi connectivity index (χ0v) is 12.7. The predicted octanol–water partition coefficient (Wildman–Crippen LogP) is 2.60. The van der Waals surface area contributed by atoms with Crippen LogP contribution in [0.2, 0.25) is 5.15 Å². The highest BCUT2D eigenvalue weighted by molar-refractivity contribution is 6.32. The van der Waals surface area contributed by atoms with Gasteiger partial charge in [0.05, 0.1) is 18.1 Å². The van der Waals surface area contributed by atoms with E-state index in [2.05, 4.69) is 10.3 Å². The number of pyridine rings is 1. The molecule has 0 bridgehead atoms.